The Morgan fingerprint density at radius 2 is 2.00 bits per heavy atom. The van der Waals surface area contributed by atoms with Gasteiger partial charge < -0.3 is 4.74 Å². The van der Waals surface area contributed by atoms with E-state index >= 15 is 0 Å². The molecule has 0 aromatic heterocycles. The van der Waals surface area contributed by atoms with Crippen molar-refractivity contribution in [3.05, 3.63) is 29.3 Å². The Morgan fingerprint density at radius 3 is 2.60 bits per heavy atom. The van der Waals surface area contributed by atoms with Gasteiger partial charge in [0.05, 0.1) is 7.11 Å². The van der Waals surface area contributed by atoms with Crippen LogP contribution in [0.3, 0.4) is 0 Å². The van der Waals surface area contributed by atoms with Crippen molar-refractivity contribution in [2.24, 2.45) is 5.41 Å². The van der Waals surface area contributed by atoms with Gasteiger partial charge in [-0.05, 0) is 47.4 Å². The molecular weight excluding hydrogens is 184 g/mol. The van der Waals surface area contributed by atoms with Crippen molar-refractivity contribution in [2.45, 2.75) is 39.5 Å². The number of ether oxygens (including phenoxy) is 1. The fourth-order valence-electron chi connectivity index (χ4n) is 2.62. The Hall–Kier alpha value is -0.980. The van der Waals surface area contributed by atoms with E-state index in [0.29, 0.717) is 11.3 Å². The molecule has 0 N–H and O–H groups in total. The van der Waals surface area contributed by atoms with Crippen LogP contribution in [-0.4, -0.2) is 7.11 Å². The topological polar surface area (TPSA) is 9.23 Å². The minimum Gasteiger partial charge on any atom is -0.497 e. The Morgan fingerprint density at radius 1 is 1.27 bits per heavy atom. The van der Waals surface area contributed by atoms with Crippen molar-refractivity contribution in [1.82, 2.24) is 0 Å². The molecule has 15 heavy (non-hydrogen) atoms. The molecule has 1 heteroatoms. The van der Waals surface area contributed by atoms with Gasteiger partial charge in [0.25, 0.3) is 0 Å². The highest BCUT2D eigenvalue weighted by molar-refractivity contribution is 5.41. The molecule has 0 bridgehead atoms. The monoisotopic (exact) mass is 204 g/mol. The smallest absolute Gasteiger partial charge is 0.119 e. The van der Waals surface area contributed by atoms with Crippen molar-refractivity contribution < 1.29 is 4.74 Å². The first-order chi connectivity index (χ1) is 7.02. The zero-order chi connectivity index (χ0) is 11.1. The molecule has 82 valence electrons. The van der Waals surface area contributed by atoms with E-state index in [1.54, 1.807) is 7.11 Å². The van der Waals surface area contributed by atoms with Crippen LogP contribution in [0.1, 0.15) is 44.2 Å². The Labute approximate surface area is 92.5 Å². The summed E-state index contributed by atoms with van der Waals surface area (Å²) < 4.78 is 5.26. The summed E-state index contributed by atoms with van der Waals surface area (Å²) in [5, 5.41) is 0. The molecule has 0 saturated carbocycles. The Balaban J connectivity index is 2.36. The first kappa shape index (κ1) is 10.5. The minimum atomic E-state index is 0.375. The molecule has 0 fully saturated rings. The maximum atomic E-state index is 5.26. The average Bonchev–Trinajstić information content (AvgIpc) is 2.59. The van der Waals surface area contributed by atoms with Gasteiger partial charge >= 0.3 is 0 Å². The van der Waals surface area contributed by atoms with Gasteiger partial charge in [-0.3, -0.25) is 0 Å². The molecule has 0 aliphatic heterocycles. The molecule has 1 aromatic rings. The molecule has 0 amide bonds. The van der Waals surface area contributed by atoms with Gasteiger partial charge in [0.15, 0.2) is 0 Å². The Bertz CT molecular complexity index is 360. The summed E-state index contributed by atoms with van der Waals surface area (Å²) in [6.45, 7) is 6.99. The lowest BCUT2D eigenvalue weighted by atomic mass is 9.77. The van der Waals surface area contributed by atoms with E-state index in [-0.39, 0.29) is 0 Å². The molecule has 1 nitrogen and oxygen atoms in total. The number of benzene rings is 1. The summed E-state index contributed by atoms with van der Waals surface area (Å²) in [6.07, 6.45) is 2.49. The number of aryl methyl sites for hydroxylation is 1. The van der Waals surface area contributed by atoms with Crippen LogP contribution in [0.15, 0.2) is 18.2 Å². The zero-order valence-electron chi connectivity index (χ0n) is 10.1. The minimum absolute atomic E-state index is 0.375. The van der Waals surface area contributed by atoms with Crippen LogP contribution in [0, 0.1) is 5.41 Å². The predicted molar refractivity (Wildman–Crippen MR) is 63.5 cm³/mol. The van der Waals surface area contributed by atoms with E-state index in [4.69, 9.17) is 4.74 Å². The third-order valence-electron chi connectivity index (χ3n) is 3.47. The van der Waals surface area contributed by atoms with Gasteiger partial charge in [-0.25, -0.2) is 0 Å². The highest BCUT2D eigenvalue weighted by Crippen LogP contribution is 2.45. The lowest BCUT2D eigenvalue weighted by Crippen LogP contribution is -2.15. The van der Waals surface area contributed by atoms with Crippen LogP contribution < -0.4 is 4.74 Å². The van der Waals surface area contributed by atoms with Crippen molar-refractivity contribution >= 4 is 0 Å². The largest absolute Gasteiger partial charge is 0.497 e. The van der Waals surface area contributed by atoms with Gasteiger partial charge in [0, 0.05) is 0 Å². The average molecular weight is 204 g/mol. The van der Waals surface area contributed by atoms with Gasteiger partial charge in [0.2, 0.25) is 0 Å². The second-order valence-electron chi connectivity index (χ2n) is 5.52. The maximum absolute atomic E-state index is 5.26. The highest BCUT2D eigenvalue weighted by atomic mass is 16.5. The van der Waals surface area contributed by atoms with Crippen LogP contribution in [0.4, 0.5) is 0 Å². The van der Waals surface area contributed by atoms with E-state index < -0.39 is 0 Å². The zero-order valence-corrected chi connectivity index (χ0v) is 10.1. The molecule has 1 atom stereocenters. The van der Waals surface area contributed by atoms with Gasteiger partial charge in [0.1, 0.15) is 5.75 Å². The number of hydrogen-bond donors (Lipinski definition) is 0. The number of hydrogen-bond acceptors (Lipinski definition) is 1. The highest BCUT2D eigenvalue weighted by Gasteiger charge is 2.32. The maximum Gasteiger partial charge on any atom is 0.119 e. The fourth-order valence-corrected chi connectivity index (χ4v) is 2.62. The summed E-state index contributed by atoms with van der Waals surface area (Å²) in [4.78, 5) is 0. The molecular formula is C14H20O. The molecule has 1 unspecified atom stereocenters. The van der Waals surface area contributed by atoms with Gasteiger partial charge in [-0.1, -0.05) is 26.8 Å². The van der Waals surface area contributed by atoms with E-state index in [2.05, 4.69) is 39.0 Å². The quantitative estimate of drug-likeness (QED) is 0.676. The van der Waals surface area contributed by atoms with E-state index in [1.165, 1.54) is 24.0 Å². The van der Waals surface area contributed by atoms with Crippen LogP contribution in [0.5, 0.6) is 5.75 Å². The second-order valence-corrected chi connectivity index (χ2v) is 5.52. The number of methoxy groups -OCH3 is 1. The summed E-state index contributed by atoms with van der Waals surface area (Å²) in [5.74, 6) is 1.70. The van der Waals surface area contributed by atoms with E-state index in [1.807, 2.05) is 0 Å². The van der Waals surface area contributed by atoms with Crippen LogP contribution >= 0.6 is 0 Å². The fraction of sp³-hybridized carbons (Fsp3) is 0.571. The van der Waals surface area contributed by atoms with Crippen LogP contribution in [-0.2, 0) is 6.42 Å². The Kier molecular flexibility index (Phi) is 2.49. The molecule has 1 aliphatic rings. The first-order valence-electron chi connectivity index (χ1n) is 5.69. The van der Waals surface area contributed by atoms with Crippen LogP contribution in [0.2, 0.25) is 0 Å². The van der Waals surface area contributed by atoms with Gasteiger partial charge in [-0.2, -0.15) is 0 Å². The first-order valence-corrected chi connectivity index (χ1v) is 5.69. The predicted octanol–water partition coefficient (Wildman–Crippen LogP) is 3.77. The van der Waals surface area contributed by atoms with Crippen LogP contribution in [0.25, 0.3) is 0 Å². The lowest BCUT2D eigenvalue weighted by molar-refractivity contribution is 0.319. The summed E-state index contributed by atoms with van der Waals surface area (Å²) in [5.41, 5.74) is 3.39. The van der Waals surface area contributed by atoms with Crippen molar-refractivity contribution in [2.75, 3.05) is 7.11 Å². The third-order valence-corrected chi connectivity index (χ3v) is 3.47. The molecule has 0 radical (unpaired) electrons. The van der Waals surface area contributed by atoms with Crippen molar-refractivity contribution in [3.8, 4) is 5.75 Å². The van der Waals surface area contributed by atoms with E-state index in [9.17, 15) is 0 Å². The standard InChI is InChI=1S/C14H20O/c1-14(2,3)13-8-5-10-9-11(15-4)6-7-12(10)13/h6-7,9,13H,5,8H2,1-4H3. The number of rotatable bonds is 1. The van der Waals surface area contributed by atoms with Crippen molar-refractivity contribution in [1.29, 1.82) is 0 Å². The lowest BCUT2D eigenvalue weighted by Gasteiger charge is -2.27. The molecule has 1 aliphatic carbocycles. The molecule has 2 rings (SSSR count). The molecule has 1 aromatic carbocycles. The summed E-state index contributed by atoms with van der Waals surface area (Å²) in [7, 11) is 1.73. The van der Waals surface area contributed by atoms with E-state index in [0.717, 1.165) is 5.75 Å². The number of fused-ring (bicyclic) bond motifs is 1. The normalized spacial score (nSPS) is 20.1. The van der Waals surface area contributed by atoms with Gasteiger partial charge in [-0.15, -0.1) is 0 Å². The molecule has 0 spiro atoms. The third kappa shape index (κ3) is 1.88. The summed E-state index contributed by atoms with van der Waals surface area (Å²) in [6, 6.07) is 6.53. The van der Waals surface area contributed by atoms with Crippen molar-refractivity contribution in [3.63, 3.8) is 0 Å². The second kappa shape index (κ2) is 3.55. The SMILES string of the molecule is COc1ccc2c(c1)CCC2C(C)(C)C. The molecule has 0 saturated heterocycles. The molecule has 0 heterocycles. The summed E-state index contributed by atoms with van der Waals surface area (Å²) >= 11 is 0.